The van der Waals surface area contributed by atoms with Crippen LogP contribution in [0.3, 0.4) is 0 Å². The van der Waals surface area contributed by atoms with E-state index in [1.807, 2.05) is 30.3 Å². The summed E-state index contributed by atoms with van der Waals surface area (Å²) >= 11 is 0. The maximum absolute atomic E-state index is 11.5. The topological polar surface area (TPSA) is 47.6 Å². The van der Waals surface area contributed by atoms with Crippen LogP contribution in [0.2, 0.25) is 0 Å². The first kappa shape index (κ1) is 13.1. The Labute approximate surface area is 107 Å². The largest absolute Gasteiger partial charge is 0.459 e. The van der Waals surface area contributed by atoms with Crippen molar-refractivity contribution in [2.45, 2.75) is 25.6 Å². The molecule has 18 heavy (non-hydrogen) atoms. The number of hydrogen-bond acceptors (Lipinski definition) is 4. The number of hydrogen-bond donors (Lipinski definition) is 1. The van der Waals surface area contributed by atoms with Crippen LogP contribution >= 0.6 is 0 Å². The fourth-order valence-corrected chi connectivity index (χ4v) is 1.93. The van der Waals surface area contributed by atoms with Crippen LogP contribution in [-0.4, -0.2) is 31.8 Å². The SMILES string of the molecule is O=C(COC1CCNCC1)OCc1ccccc1. The molecule has 0 atom stereocenters. The van der Waals surface area contributed by atoms with E-state index in [1.165, 1.54) is 0 Å². The highest BCUT2D eigenvalue weighted by Gasteiger charge is 2.15. The molecule has 0 bridgehead atoms. The smallest absolute Gasteiger partial charge is 0.332 e. The molecule has 0 aliphatic carbocycles. The normalized spacial score (nSPS) is 16.4. The Hall–Kier alpha value is -1.39. The molecule has 1 aliphatic heterocycles. The van der Waals surface area contributed by atoms with Crippen LogP contribution in [0.25, 0.3) is 0 Å². The van der Waals surface area contributed by atoms with Crippen molar-refractivity contribution in [3.8, 4) is 0 Å². The van der Waals surface area contributed by atoms with Crippen molar-refractivity contribution in [3.05, 3.63) is 35.9 Å². The molecule has 98 valence electrons. The number of ether oxygens (including phenoxy) is 2. The molecule has 0 saturated carbocycles. The third-order valence-electron chi connectivity index (χ3n) is 2.97. The molecule has 0 amide bonds. The van der Waals surface area contributed by atoms with Gasteiger partial charge in [0.2, 0.25) is 0 Å². The standard InChI is InChI=1S/C14H19NO3/c16-14(11-17-13-6-8-15-9-7-13)18-10-12-4-2-1-3-5-12/h1-5,13,15H,6-11H2. The molecule has 0 spiro atoms. The van der Waals surface area contributed by atoms with Crippen molar-refractivity contribution in [1.29, 1.82) is 0 Å². The summed E-state index contributed by atoms with van der Waals surface area (Å²) in [4.78, 5) is 11.5. The first-order valence-electron chi connectivity index (χ1n) is 6.36. The van der Waals surface area contributed by atoms with Crippen LogP contribution in [0.4, 0.5) is 0 Å². The third-order valence-corrected chi connectivity index (χ3v) is 2.97. The molecule has 1 N–H and O–H groups in total. The molecule has 1 aliphatic rings. The van der Waals surface area contributed by atoms with Crippen LogP contribution in [0.1, 0.15) is 18.4 Å². The van der Waals surface area contributed by atoms with Crippen molar-refractivity contribution >= 4 is 5.97 Å². The third kappa shape index (κ3) is 4.47. The van der Waals surface area contributed by atoms with Crippen molar-refractivity contribution in [2.75, 3.05) is 19.7 Å². The summed E-state index contributed by atoms with van der Waals surface area (Å²) in [6, 6.07) is 9.65. The molecule has 2 rings (SSSR count). The summed E-state index contributed by atoms with van der Waals surface area (Å²) in [6.07, 6.45) is 2.12. The van der Waals surface area contributed by atoms with Gasteiger partial charge in [-0.15, -0.1) is 0 Å². The highest BCUT2D eigenvalue weighted by Crippen LogP contribution is 2.07. The summed E-state index contributed by atoms with van der Waals surface area (Å²) in [7, 11) is 0. The molecule has 4 nitrogen and oxygen atoms in total. The number of piperidine rings is 1. The Morgan fingerprint density at radius 3 is 2.67 bits per heavy atom. The van der Waals surface area contributed by atoms with E-state index in [4.69, 9.17) is 9.47 Å². The Balaban J connectivity index is 1.63. The summed E-state index contributed by atoms with van der Waals surface area (Å²) in [5.41, 5.74) is 0.993. The highest BCUT2D eigenvalue weighted by molar-refractivity contribution is 5.70. The second-order valence-corrected chi connectivity index (χ2v) is 4.41. The van der Waals surface area contributed by atoms with Gasteiger partial charge < -0.3 is 14.8 Å². The molecule has 0 radical (unpaired) electrons. The van der Waals surface area contributed by atoms with Gasteiger partial charge in [-0.2, -0.15) is 0 Å². The second-order valence-electron chi connectivity index (χ2n) is 4.41. The van der Waals surface area contributed by atoms with Crippen LogP contribution in [0.5, 0.6) is 0 Å². The zero-order chi connectivity index (χ0) is 12.6. The van der Waals surface area contributed by atoms with Crippen LogP contribution in [-0.2, 0) is 20.9 Å². The average molecular weight is 249 g/mol. The summed E-state index contributed by atoms with van der Waals surface area (Å²) in [5.74, 6) is -0.294. The van der Waals surface area contributed by atoms with E-state index in [1.54, 1.807) is 0 Å². The highest BCUT2D eigenvalue weighted by atomic mass is 16.6. The minimum atomic E-state index is -0.294. The molecular formula is C14H19NO3. The van der Waals surface area contributed by atoms with E-state index in [9.17, 15) is 4.79 Å². The van der Waals surface area contributed by atoms with E-state index in [2.05, 4.69) is 5.32 Å². The van der Waals surface area contributed by atoms with Crippen LogP contribution < -0.4 is 5.32 Å². The Morgan fingerprint density at radius 1 is 1.22 bits per heavy atom. The van der Waals surface area contributed by atoms with Gasteiger partial charge in [0.15, 0.2) is 0 Å². The fourth-order valence-electron chi connectivity index (χ4n) is 1.93. The Morgan fingerprint density at radius 2 is 1.94 bits per heavy atom. The summed E-state index contributed by atoms with van der Waals surface area (Å²) < 4.78 is 10.7. The fraction of sp³-hybridized carbons (Fsp3) is 0.500. The number of nitrogens with one attached hydrogen (secondary N) is 1. The molecular weight excluding hydrogens is 230 g/mol. The monoisotopic (exact) mass is 249 g/mol. The Bertz CT molecular complexity index is 361. The number of rotatable bonds is 5. The zero-order valence-electron chi connectivity index (χ0n) is 10.4. The predicted molar refractivity (Wildman–Crippen MR) is 68.1 cm³/mol. The average Bonchev–Trinajstić information content (AvgIpc) is 2.45. The summed E-state index contributed by atoms with van der Waals surface area (Å²) in [6.45, 7) is 2.29. The van der Waals surface area contributed by atoms with Crippen molar-refractivity contribution in [3.63, 3.8) is 0 Å². The number of esters is 1. The minimum absolute atomic E-state index is 0.0531. The molecule has 1 heterocycles. The number of carbonyl (C=O) groups excluding carboxylic acids is 1. The van der Waals surface area contributed by atoms with E-state index in [-0.39, 0.29) is 18.7 Å². The lowest BCUT2D eigenvalue weighted by molar-refractivity contribution is -0.152. The van der Waals surface area contributed by atoms with E-state index in [0.717, 1.165) is 31.5 Å². The molecule has 0 aromatic heterocycles. The number of carbonyl (C=O) groups is 1. The summed E-state index contributed by atoms with van der Waals surface area (Å²) in [5, 5.41) is 3.25. The van der Waals surface area contributed by atoms with Gasteiger partial charge >= 0.3 is 5.97 Å². The lowest BCUT2D eigenvalue weighted by atomic mass is 10.1. The van der Waals surface area contributed by atoms with Gasteiger partial charge in [-0.3, -0.25) is 0 Å². The molecule has 1 fully saturated rings. The van der Waals surface area contributed by atoms with Crippen molar-refractivity contribution in [2.24, 2.45) is 0 Å². The Kier molecular flexibility index (Phi) is 5.17. The molecule has 4 heteroatoms. The van der Waals surface area contributed by atoms with Crippen molar-refractivity contribution in [1.82, 2.24) is 5.32 Å². The van der Waals surface area contributed by atoms with Gasteiger partial charge in [-0.05, 0) is 31.5 Å². The van der Waals surface area contributed by atoms with Gasteiger partial charge in [0.1, 0.15) is 13.2 Å². The number of benzene rings is 1. The van der Waals surface area contributed by atoms with Gasteiger partial charge in [0, 0.05) is 0 Å². The molecule has 1 aromatic carbocycles. The van der Waals surface area contributed by atoms with E-state index < -0.39 is 0 Å². The quantitative estimate of drug-likeness (QED) is 0.803. The lowest BCUT2D eigenvalue weighted by Crippen LogP contribution is -2.33. The maximum atomic E-state index is 11.5. The van der Waals surface area contributed by atoms with E-state index in [0.29, 0.717) is 6.61 Å². The first-order chi connectivity index (χ1) is 8.84. The molecule has 1 aromatic rings. The van der Waals surface area contributed by atoms with Gasteiger partial charge in [-0.25, -0.2) is 4.79 Å². The molecule has 0 unspecified atom stereocenters. The molecule has 1 saturated heterocycles. The van der Waals surface area contributed by atoms with Crippen LogP contribution in [0, 0.1) is 0 Å². The first-order valence-corrected chi connectivity index (χ1v) is 6.36. The van der Waals surface area contributed by atoms with Crippen LogP contribution in [0.15, 0.2) is 30.3 Å². The zero-order valence-corrected chi connectivity index (χ0v) is 10.4. The van der Waals surface area contributed by atoms with Gasteiger partial charge in [0.05, 0.1) is 6.10 Å². The van der Waals surface area contributed by atoms with Gasteiger partial charge in [0.25, 0.3) is 0 Å². The van der Waals surface area contributed by atoms with Gasteiger partial charge in [-0.1, -0.05) is 30.3 Å². The predicted octanol–water partition coefficient (Wildman–Crippen LogP) is 1.50. The van der Waals surface area contributed by atoms with Crippen molar-refractivity contribution < 1.29 is 14.3 Å². The van der Waals surface area contributed by atoms with E-state index >= 15 is 0 Å². The second kappa shape index (κ2) is 7.13. The lowest BCUT2D eigenvalue weighted by Gasteiger charge is -2.22. The maximum Gasteiger partial charge on any atom is 0.332 e. The minimum Gasteiger partial charge on any atom is -0.459 e.